The maximum atomic E-state index is 13.6. The van der Waals surface area contributed by atoms with Crippen molar-refractivity contribution in [2.75, 3.05) is 20.6 Å². The molecule has 108 valence electrons. The van der Waals surface area contributed by atoms with E-state index in [0.29, 0.717) is 12.0 Å². The molecule has 0 aromatic heterocycles. The smallest absolute Gasteiger partial charge is 0.222 e. The summed E-state index contributed by atoms with van der Waals surface area (Å²) in [6.07, 6.45) is 1.28. The van der Waals surface area contributed by atoms with Gasteiger partial charge in [-0.3, -0.25) is 4.79 Å². The van der Waals surface area contributed by atoms with E-state index < -0.39 is 0 Å². The Morgan fingerprint density at radius 1 is 1.42 bits per heavy atom. The van der Waals surface area contributed by atoms with Gasteiger partial charge in [-0.05, 0) is 33.0 Å². The summed E-state index contributed by atoms with van der Waals surface area (Å²) in [6, 6.07) is 6.34. The average molecular weight is 289 g/mol. The lowest BCUT2D eigenvalue weighted by Crippen LogP contribution is -2.30. The van der Waals surface area contributed by atoms with Gasteiger partial charge in [0, 0.05) is 19.0 Å². The quantitative estimate of drug-likeness (QED) is 0.817. The first-order valence-corrected chi connectivity index (χ1v) is 6.22. The molecule has 0 aliphatic heterocycles. The Kier molecular flexibility index (Phi) is 8.35. The van der Waals surface area contributed by atoms with Crippen LogP contribution in [0.25, 0.3) is 0 Å². The molecule has 0 aliphatic carbocycles. The molecule has 1 aromatic carbocycles. The lowest BCUT2D eigenvalue weighted by atomic mass is 10.1. The zero-order valence-electron chi connectivity index (χ0n) is 11.6. The Morgan fingerprint density at radius 2 is 2.05 bits per heavy atom. The van der Waals surface area contributed by atoms with Crippen molar-refractivity contribution >= 4 is 18.3 Å². The standard InChI is InChI=1S/C14H21FN2O.ClH/c1-11(12-7-4-5-8-13(12)15)17(3)14(18)9-6-10-16-2;/h4-5,7-8,11,16H,6,9-10H2,1-3H3;1H. The van der Waals surface area contributed by atoms with Crippen LogP contribution in [0.5, 0.6) is 0 Å². The molecule has 0 saturated heterocycles. The molecule has 19 heavy (non-hydrogen) atoms. The monoisotopic (exact) mass is 288 g/mol. The van der Waals surface area contributed by atoms with E-state index in [1.54, 1.807) is 30.1 Å². The second-order valence-electron chi connectivity index (χ2n) is 4.41. The fourth-order valence-corrected chi connectivity index (χ4v) is 1.83. The van der Waals surface area contributed by atoms with Gasteiger partial charge in [0.2, 0.25) is 5.91 Å². The summed E-state index contributed by atoms with van der Waals surface area (Å²) in [5.74, 6) is -0.221. The van der Waals surface area contributed by atoms with Crippen molar-refractivity contribution in [2.45, 2.75) is 25.8 Å². The number of hydrogen-bond donors (Lipinski definition) is 1. The molecule has 3 nitrogen and oxygen atoms in total. The van der Waals surface area contributed by atoms with E-state index in [9.17, 15) is 9.18 Å². The SMILES string of the molecule is CNCCCC(=O)N(C)C(C)c1ccccc1F.Cl. The van der Waals surface area contributed by atoms with Crippen LogP contribution in [0.1, 0.15) is 31.4 Å². The van der Waals surface area contributed by atoms with Crippen molar-refractivity contribution < 1.29 is 9.18 Å². The summed E-state index contributed by atoms with van der Waals surface area (Å²) in [6.45, 7) is 2.65. The van der Waals surface area contributed by atoms with Gasteiger partial charge >= 0.3 is 0 Å². The molecule has 1 aromatic rings. The fourth-order valence-electron chi connectivity index (χ4n) is 1.83. The molecule has 0 aliphatic rings. The van der Waals surface area contributed by atoms with Gasteiger partial charge in [-0.15, -0.1) is 12.4 Å². The first kappa shape index (κ1) is 17.9. The number of nitrogens with one attached hydrogen (secondary N) is 1. The fraction of sp³-hybridized carbons (Fsp3) is 0.500. The Morgan fingerprint density at radius 3 is 2.63 bits per heavy atom. The van der Waals surface area contributed by atoms with Crippen LogP contribution in [0.3, 0.4) is 0 Å². The number of halogens is 2. The van der Waals surface area contributed by atoms with Crippen LogP contribution < -0.4 is 5.32 Å². The second kappa shape index (κ2) is 8.88. The first-order valence-electron chi connectivity index (χ1n) is 6.22. The van der Waals surface area contributed by atoms with Gasteiger partial charge in [0.15, 0.2) is 0 Å². The predicted molar refractivity (Wildman–Crippen MR) is 78.0 cm³/mol. The summed E-state index contributed by atoms with van der Waals surface area (Å²) in [7, 11) is 3.58. The minimum absolute atomic E-state index is 0. The van der Waals surface area contributed by atoms with E-state index in [0.717, 1.165) is 13.0 Å². The zero-order valence-corrected chi connectivity index (χ0v) is 12.5. The molecule has 0 heterocycles. The third-order valence-electron chi connectivity index (χ3n) is 3.15. The number of benzene rings is 1. The van der Waals surface area contributed by atoms with Crippen molar-refractivity contribution in [1.82, 2.24) is 10.2 Å². The molecule has 1 amide bonds. The molecule has 0 radical (unpaired) electrons. The first-order chi connectivity index (χ1) is 8.57. The maximum absolute atomic E-state index is 13.6. The molecule has 0 fully saturated rings. The van der Waals surface area contributed by atoms with Crippen LogP contribution >= 0.6 is 12.4 Å². The zero-order chi connectivity index (χ0) is 13.5. The number of carbonyl (C=O) groups excluding carboxylic acids is 1. The Labute approximate surface area is 120 Å². The molecule has 1 rings (SSSR count). The third kappa shape index (κ3) is 5.17. The van der Waals surface area contributed by atoms with E-state index >= 15 is 0 Å². The molecule has 1 N–H and O–H groups in total. The molecule has 0 saturated carbocycles. The number of carbonyl (C=O) groups is 1. The van der Waals surface area contributed by atoms with Crippen molar-refractivity contribution in [2.24, 2.45) is 0 Å². The van der Waals surface area contributed by atoms with Crippen molar-refractivity contribution in [3.63, 3.8) is 0 Å². The van der Waals surface area contributed by atoms with Crippen LogP contribution in [-0.4, -0.2) is 31.4 Å². The van der Waals surface area contributed by atoms with Crippen LogP contribution in [0.2, 0.25) is 0 Å². The van der Waals surface area contributed by atoms with Crippen molar-refractivity contribution in [3.05, 3.63) is 35.6 Å². The highest BCUT2D eigenvalue weighted by Gasteiger charge is 2.19. The van der Waals surface area contributed by atoms with Gasteiger partial charge in [0.05, 0.1) is 6.04 Å². The summed E-state index contributed by atoms with van der Waals surface area (Å²) >= 11 is 0. The summed E-state index contributed by atoms with van der Waals surface area (Å²) in [5, 5.41) is 3.00. The van der Waals surface area contributed by atoms with Crippen LogP contribution in [0.15, 0.2) is 24.3 Å². The molecule has 0 bridgehead atoms. The average Bonchev–Trinajstić information content (AvgIpc) is 2.38. The number of nitrogens with zero attached hydrogens (tertiary/aromatic N) is 1. The Bertz CT molecular complexity index is 401. The highest BCUT2D eigenvalue weighted by molar-refractivity contribution is 5.85. The number of rotatable bonds is 6. The lowest BCUT2D eigenvalue weighted by Gasteiger charge is -2.25. The molecule has 0 spiro atoms. The van der Waals surface area contributed by atoms with Gasteiger partial charge in [-0.1, -0.05) is 18.2 Å². The lowest BCUT2D eigenvalue weighted by molar-refractivity contribution is -0.131. The third-order valence-corrected chi connectivity index (χ3v) is 3.15. The summed E-state index contributed by atoms with van der Waals surface area (Å²) < 4.78 is 13.6. The summed E-state index contributed by atoms with van der Waals surface area (Å²) in [4.78, 5) is 13.5. The second-order valence-corrected chi connectivity index (χ2v) is 4.41. The molecule has 5 heteroatoms. The molecule has 1 unspecified atom stereocenters. The van der Waals surface area contributed by atoms with Gasteiger partial charge in [0.25, 0.3) is 0 Å². The van der Waals surface area contributed by atoms with Gasteiger partial charge in [0.1, 0.15) is 5.82 Å². The van der Waals surface area contributed by atoms with Gasteiger partial charge in [-0.2, -0.15) is 0 Å². The number of hydrogen-bond acceptors (Lipinski definition) is 2. The summed E-state index contributed by atoms with van der Waals surface area (Å²) in [5.41, 5.74) is 0.557. The van der Waals surface area contributed by atoms with Crippen LogP contribution in [-0.2, 0) is 4.79 Å². The number of amides is 1. The van der Waals surface area contributed by atoms with Crippen LogP contribution in [0, 0.1) is 5.82 Å². The minimum atomic E-state index is -0.264. The topological polar surface area (TPSA) is 32.3 Å². The molecular formula is C14H22ClFN2O. The van der Waals surface area contributed by atoms with Gasteiger partial charge in [-0.25, -0.2) is 4.39 Å². The Balaban J connectivity index is 0.00000324. The van der Waals surface area contributed by atoms with Crippen molar-refractivity contribution in [1.29, 1.82) is 0 Å². The predicted octanol–water partition coefficient (Wildman–Crippen LogP) is 2.77. The largest absolute Gasteiger partial charge is 0.339 e. The van der Waals surface area contributed by atoms with E-state index in [1.165, 1.54) is 6.07 Å². The van der Waals surface area contributed by atoms with Gasteiger partial charge < -0.3 is 10.2 Å². The Hall–Kier alpha value is -1.13. The van der Waals surface area contributed by atoms with E-state index in [2.05, 4.69) is 5.32 Å². The maximum Gasteiger partial charge on any atom is 0.222 e. The van der Waals surface area contributed by atoms with Crippen LogP contribution in [0.4, 0.5) is 4.39 Å². The highest BCUT2D eigenvalue weighted by Crippen LogP contribution is 2.22. The van der Waals surface area contributed by atoms with E-state index in [4.69, 9.17) is 0 Å². The molecule has 1 atom stereocenters. The van der Waals surface area contributed by atoms with E-state index in [1.807, 2.05) is 14.0 Å². The van der Waals surface area contributed by atoms with Crippen molar-refractivity contribution in [3.8, 4) is 0 Å². The molecular weight excluding hydrogens is 267 g/mol. The normalized spacial score (nSPS) is 11.6. The highest BCUT2D eigenvalue weighted by atomic mass is 35.5. The minimum Gasteiger partial charge on any atom is -0.339 e. The van der Waals surface area contributed by atoms with E-state index in [-0.39, 0.29) is 30.2 Å².